The summed E-state index contributed by atoms with van der Waals surface area (Å²) >= 11 is 0. The van der Waals surface area contributed by atoms with Crippen molar-refractivity contribution in [1.29, 1.82) is 10.5 Å². The summed E-state index contributed by atoms with van der Waals surface area (Å²) in [5.74, 6) is 1.20. The van der Waals surface area contributed by atoms with Crippen LogP contribution in [0.15, 0.2) is 36.4 Å². The second-order valence-electron chi connectivity index (χ2n) is 12.4. The van der Waals surface area contributed by atoms with E-state index in [1.165, 1.54) is 0 Å². The smallest absolute Gasteiger partial charge is 0.410 e. The maximum Gasteiger partial charge on any atom is 0.410 e. The third-order valence-electron chi connectivity index (χ3n) is 7.84. The molecule has 1 unspecified atom stereocenters. The average Bonchev–Trinajstić information content (AvgIpc) is 3.39. The molecule has 0 aliphatic carbocycles. The van der Waals surface area contributed by atoms with Crippen LogP contribution in [0.25, 0.3) is 0 Å². The van der Waals surface area contributed by atoms with Gasteiger partial charge >= 0.3 is 6.09 Å². The Balaban J connectivity index is 1.44. The molecule has 1 fully saturated rings. The Bertz CT molecular complexity index is 1680. The number of aromatic nitrogens is 2. The fraction of sp³-hybridized carbons (Fsp3) is 0.412. The number of benzene rings is 2. The molecule has 2 aliphatic rings. The first-order valence-corrected chi connectivity index (χ1v) is 15.1. The van der Waals surface area contributed by atoms with Crippen LogP contribution >= 0.6 is 0 Å². The number of amides is 2. The molecule has 0 saturated carbocycles. The first-order chi connectivity index (χ1) is 21.5. The van der Waals surface area contributed by atoms with Crippen LogP contribution in [0.2, 0.25) is 0 Å². The molecule has 45 heavy (non-hydrogen) atoms. The summed E-state index contributed by atoms with van der Waals surface area (Å²) in [4.78, 5) is 39.6. The van der Waals surface area contributed by atoms with E-state index in [4.69, 9.17) is 24.7 Å². The molecule has 11 heteroatoms. The molecule has 1 N–H and O–H groups in total. The maximum atomic E-state index is 13.8. The molecule has 5 rings (SSSR count). The van der Waals surface area contributed by atoms with Gasteiger partial charge in [-0.15, -0.1) is 0 Å². The highest BCUT2D eigenvalue weighted by Crippen LogP contribution is 2.34. The summed E-state index contributed by atoms with van der Waals surface area (Å²) in [5, 5.41) is 21.8. The van der Waals surface area contributed by atoms with E-state index in [1.807, 2.05) is 34.6 Å². The lowest BCUT2D eigenvalue weighted by Crippen LogP contribution is -2.49. The molecule has 0 radical (unpaired) electrons. The van der Waals surface area contributed by atoms with Gasteiger partial charge in [-0.3, -0.25) is 9.69 Å². The number of ether oxygens (including phenoxy) is 2. The van der Waals surface area contributed by atoms with Crippen molar-refractivity contribution in [2.45, 2.75) is 71.9 Å². The van der Waals surface area contributed by atoms with E-state index >= 15 is 0 Å². The molecule has 1 atom stereocenters. The highest BCUT2D eigenvalue weighted by molar-refractivity contribution is 5.86. The molecule has 232 valence electrons. The third-order valence-corrected chi connectivity index (χ3v) is 7.84. The molecule has 1 saturated heterocycles. The fourth-order valence-corrected chi connectivity index (χ4v) is 5.73. The largest absolute Gasteiger partial charge is 0.444 e. The van der Waals surface area contributed by atoms with E-state index in [1.54, 1.807) is 46.2 Å². The number of nitrogens with one attached hydrogen (secondary N) is 1. The minimum absolute atomic E-state index is 0.101. The van der Waals surface area contributed by atoms with E-state index in [2.05, 4.69) is 17.5 Å². The van der Waals surface area contributed by atoms with E-state index in [0.29, 0.717) is 73.3 Å². The van der Waals surface area contributed by atoms with E-state index in [0.717, 1.165) is 28.8 Å². The molecule has 1 aromatic heterocycles. The zero-order valence-electron chi connectivity index (χ0n) is 26.3. The SMILES string of the molecule is Cc1cc(C#N)cc(C)c1Oc1nc(Nc2ccc(C#N)cc2)nc2c1CCN(C(=O)C1CCCN1C(=O)OC(C)(C)C)CC2. The van der Waals surface area contributed by atoms with Crippen molar-refractivity contribution < 1.29 is 19.1 Å². The van der Waals surface area contributed by atoms with Gasteiger partial charge in [0.2, 0.25) is 17.7 Å². The van der Waals surface area contributed by atoms with Crippen molar-refractivity contribution in [3.63, 3.8) is 0 Å². The topological polar surface area (TPSA) is 144 Å². The summed E-state index contributed by atoms with van der Waals surface area (Å²) in [5.41, 5.74) is 4.30. The quantitative estimate of drug-likeness (QED) is 0.386. The second kappa shape index (κ2) is 12.8. The maximum absolute atomic E-state index is 13.8. The zero-order valence-corrected chi connectivity index (χ0v) is 26.3. The van der Waals surface area contributed by atoms with Gasteiger partial charge in [0.1, 0.15) is 17.4 Å². The number of likely N-dealkylation sites (tertiary alicyclic amines) is 1. The van der Waals surface area contributed by atoms with Crippen LogP contribution in [0, 0.1) is 36.5 Å². The number of hydrogen-bond donors (Lipinski definition) is 1. The van der Waals surface area contributed by atoms with Gasteiger partial charge in [-0.25, -0.2) is 9.78 Å². The summed E-state index contributed by atoms with van der Waals surface area (Å²) in [6.45, 7) is 10.5. The molecule has 2 aromatic carbocycles. The van der Waals surface area contributed by atoms with Crippen molar-refractivity contribution in [3.05, 3.63) is 69.9 Å². The Morgan fingerprint density at radius 2 is 1.62 bits per heavy atom. The van der Waals surface area contributed by atoms with Gasteiger partial charge in [-0.1, -0.05) is 0 Å². The third kappa shape index (κ3) is 7.15. The van der Waals surface area contributed by atoms with Gasteiger partial charge in [0, 0.05) is 37.3 Å². The standard InChI is InChI=1S/C34H37N7O4/c1-21-17-24(20-36)18-22(2)29(21)44-30-26-12-15-40(31(42)28-7-6-14-41(28)33(43)45-34(3,4)5)16-13-27(26)38-32(39-30)37-25-10-8-23(19-35)9-11-25/h8-11,17-18,28H,6-7,12-16H2,1-5H3,(H,37,38,39). The van der Waals surface area contributed by atoms with Crippen molar-refractivity contribution in [1.82, 2.24) is 19.8 Å². The van der Waals surface area contributed by atoms with Crippen LogP contribution in [0.3, 0.4) is 0 Å². The molecule has 11 nitrogen and oxygen atoms in total. The van der Waals surface area contributed by atoms with Crippen LogP contribution < -0.4 is 10.1 Å². The van der Waals surface area contributed by atoms with Gasteiger partial charge in [-0.05, 0) is 101 Å². The average molecular weight is 608 g/mol. The number of fused-ring (bicyclic) bond motifs is 1. The number of nitrogens with zero attached hydrogens (tertiary/aromatic N) is 6. The second-order valence-corrected chi connectivity index (χ2v) is 12.4. The lowest BCUT2D eigenvalue weighted by atomic mass is 10.1. The first-order valence-electron chi connectivity index (χ1n) is 15.1. The summed E-state index contributed by atoms with van der Waals surface area (Å²) < 4.78 is 12.1. The Morgan fingerprint density at radius 1 is 0.956 bits per heavy atom. The molecular weight excluding hydrogens is 570 g/mol. The predicted molar refractivity (Wildman–Crippen MR) is 167 cm³/mol. The van der Waals surface area contributed by atoms with Crippen molar-refractivity contribution in [2.75, 3.05) is 25.0 Å². The normalized spacial score (nSPS) is 16.2. The Kier molecular flexibility index (Phi) is 8.92. The monoisotopic (exact) mass is 607 g/mol. The number of carbonyl (C=O) groups excluding carboxylic acids is 2. The number of anilines is 2. The van der Waals surface area contributed by atoms with Gasteiger partial charge < -0.3 is 19.7 Å². The molecule has 3 aromatic rings. The molecular formula is C34H37N7O4. The number of carbonyl (C=O) groups is 2. The summed E-state index contributed by atoms with van der Waals surface area (Å²) in [7, 11) is 0. The fourth-order valence-electron chi connectivity index (χ4n) is 5.73. The van der Waals surface area contributed by atoms with Crippen molar-refractivity contribution >= 4 is 23.6 Å². The summed E-state index contributed by atoms with van der Waals surface area (Å²) in [6, 6.07) is 14.2. The first kappa shape index (κ1) is 31.3. The van der Waals surface area contributed by atoms with Gasteiger partial charge in [0.15, 0.2) is 0 Å². The highest BCUT2D eigenvalue weighted by Gasteiger charge is 2.39. The van der Waals surface area contributed by atoms with Gasteiger partial charge in [0.05, 0.1) is 29.0 Å². The van der Waals surface area contributed by atoms with Crippen LogP contribution in [-0.2, 0) is 22.4 Å². The Morgan fingerprint density at radius 3 is 2.27 bits per heavy atom. The Hall–Kier alpha value is -5.16. The van der Waals surface area contributed by atoms with Crippen molar-refractivity contribution in [2.24, 2.45) is 0 Å². The number of hydrogen-bond acceptors (Lipinski definition) is 9. The van der Waals surface area contributed by atoms with Crippen molar-refractivity contribution in [3.8, 4) is 23.8 Å². The minimum atomic E-state index is -0.651. The molecule has 2 aliphatic heterocycles. The van der Waals surface area contributed by atoms with E-state index in [-0.39, 0.29) is 5.91 Å². The summed E-state index contributed by atoms with van der Waals surface area (Å²) in [6.07, 6.45) is 1.78. The molecule has 0 spiro atoms. The predicted octanol–water partition coefficient (Wildman–Crippen LogP) is 5.70. The lowest BCUT2D eigenvalue weighted by molar-refractivity contribution is -0.135. The van der Waals surface area contributed by atoms with Crippen LogP contribution in [0.5, 0.6) is 11.6 Å². The number of nitriles is 2. The van der Waals surface area contributed by atoms with Gasteiger partial charge in [-0.2, -0.15) is 15.5 Å². The molecule has 3 heterocycles. The lowest BCUT2D eigenvalue weighted by Gasteiger charge is -2.31. The number of rotatable bonds is 5. The Labute approximate surface area is 263 Å². The van der Waals surface area contributed by atoms with Crippen LogP contribution in [0.1, 0.15) is 67.1 Å². The molecule has 0 bridgehead atoms. The molecule has 2 amide bonds. The van der Waals surface area contributed by atoms with E-state index < -0.39 is 17.7 Å². The van der Waals surface area contributed by atoms with Crippen LogP contribution in [0.4, 0.5) is 16.4 Å². The van der Waals surface area contributed by atoms with E-state index in [9.17, 15) is 14.9 Å². The van der Waals surface area contributed by atoms with Crippen LogP contribution in [-0.4, -0.2) is 63.0 Å². The minimum Gasteiger partial charge on any atom is -0.444 e. The van der Waals surface area contributed by atoms with Gasteiger partial charge in [0.25, 0.3) is 0 Å². The highest BCUT2D eigenvalue weighted by atomic mass is 16.6. The zero-order chi connectivity index (χ0) is 32.3. The number of aryl methyl sites for hydroxylation is 2.